The fourth-order valence-corrected chi connectivity index (χ4v) is 1.53. The average molecular weight is 223 g/mol. The Kier molecular flexibility index (Phi) is 2.99. The molecule has 0 radical (unpaired) electrons. The summed E-state index contributed by atoms with van der Waals surface area (Å²) in [6, 6.07) is 3.12. The third-order valence-corrected chi connectivity index (χ3v) is 2.35. The summed E-state index contributed by atoms with van der Waals surface area (Å²) in [7, 11) is 0. The number of hydrogen-bond donors (Lipinski definition) is 0. The van der Waals surface area contributed by atoms with Crippen LogP contribution in [0.25, 0.3) is 0 Å². The second kappa shape index (κ2) is 3.65. The molecule has 0 heterocycles. The van der Waals surface area contributed by atoms with Gasteiger partial charge in [-0.3, -0.25) is 4.79 Å². The second-order valence-corrected chi connectivity index (χ2v) is 3.52. The van der Waals surface area contributed by atoms with E-state index in [1.165, 1.54) is 6.07 Å². The molecule has 1 rings (SSSR count). The first kappa shape index (κ1) is 9.85. The number of carbonyl (C=O) groups excluding carboxylic acids is 1. The van der Waals surface area contributed by atoms with Gasteiger partial charge in [-0.15, -0.1) is 0 Å². The fourth-order valence-electron chi connectivity index (χ4n) is 0.869. The predicted molar refractivity (Wildman–Crippen MR) is 51.4 cm³/mol. The highest BCUT2D eigenvalue weighted by molar-refractivity contribution is 6.69. The quantitative estimate of drug-likeness (QED) is 0.664. The van der Waals surface area contributed by atoms with Crippen molar-refractivity contribution >= 4 is 40.0 Å². The van der Waals surface area contributed by atoms with Crippen molar-refractivity contribution in [1.29, 1.82) is 0 Å². The minimum absolute atomic E-state index is 0.253. The Bertz CT molecular complexity index is 333. The van der Waals surface area contributed by atoms with Crippen molar-refractivity contribution in [2.45, 2.75) is 6.92 Å². The zero-order valence-corrected chi connectivity index (χ0v) is 8.46. The number of carbonyl (C=O) groups is 1. The molecule has 1 aromatic rings. The molecule has 0 amide bonds. The molecule has 0 aromatic heterocycles. The molecule has 0 atom stereocenters. The average Bonchev–Trinajstić information content (AvgIpc) is 1.96. The van der Waals surface area contributed by atoms with Gasteiger partial charge in [-0.1, -0.05) is 23.2 Å². The van der Waals surface area contributed by atoms with Gasteiger partial charge in [-0.25, -0.2) is 0 Å². The second-order valence-electron chi connectivity index (χ2n) is 2.36. The molecule has 0 saturated carbocycles. The van der Waals surface area contributed by atoms with Crippen LogP contribution in [0.1, 0.15) is 15.9 Å². The van der Waals surface area contributed by atoms with E-state index in [2.05, 4.69) is 0 Å². The van der Waals surface area contributed by atoms with Crippen LogP contribution in [0.15, 0.2) is 12.1 Å². The number of halogens is 3. The van der Waals surface area contributed by atoms with Crippen molar-refractivity contribution in [3.8, 4) is 0 Å². The first-order valence-corrected chi connectivity index (χ1v) is 4.31. The van der Waals surface area contributed by atoms with Crippen LogP contribution in [-0.2, 0) is 0 Å². The Labute approximate surface area is 85.2 Å². The van der Waals surface area contributed by atoms with E-state index in [0.29, 0.717) is 10.0 Å². The minimum atomic E-state index is -0.592. The normalized spacial score (nSPS) is 10.0. The van der Waals surface area contributed by atoms with Gasteiger partial charge in [0.2, 0.25) is 0 Å². The summed E-state index contributed by atoms with van der Waals surface area (Å²) in [5.74, 6) is 0. The molecule has 1 nitrogen and oxygen atoms in total. The van der Waals surface area contributed by atoms with Gasteiger partial charge < -0.3 is 0 Å². The van der Waals surface area contributed by atoms with E-state index >= 15 is 0 Å². The summed E-state index contributed by atoms with van der Waals surface area (Å²) < 4.78 is 0. The van der Waals surface area contributed by atoms with E-state index in [4.69, 9.17) is 34.8 Å². The summed E-state index contributed by atoms with van der Waals surface area (Å²) in [6.07, 6.45) is 0. The van der Waals surface area contributed by atoms with Gasteiger partial charge in [0.05, 0.1) is 10.6 Å². The molecule has 0 aliphatic rings. The van der Waals surface area contributed by atoms with Gasteiger partial charge in [-0.2, -0.15) is 0 Å². The molecule has 0 N–H and O–H groups in total. The van der Waals surface area contributed by atoms with Crippen LogP contribution in [0.5, 0.6) is 0 Å². The van der Waals surface area contributed by atoms with E-state index in [0.717, 1.165) is 5.56 Å². The van der Waals surface area contributed by atoms with Crippen molar-refractivity contribution in [1.82, 2.24) is 0 Å². The number of hydrogen-bond acceptors (Lipinski definition) is 1. The molecule has 1 aromatic carbocycles. The van der Waals surface area contributed by atoms with E-state index < -0.39 is 5.24 Å². The zero-order valence-electron chi connectivity index (χ0n) is 6.20. The maximum absolute atomic E-state index is 10.8. The van der Waals surface area contributed by atoms with Crippen molar-refractivity contribution < 1.29 is 4.79 Å². The standard InChI is InChI=1S/C8H5Cl3O/c1-4-2-5(9)3-6(7(4)10)8(11)12/h2-3H,1H3. The van der Waals surface area contributed by atoms with Crippen molar-refractivity contribution in [2.24, 2.45) is 0 Å². The molecule has 0 saturated heterocycles. The summed E-state index contributed by atoms with van der Waals surface area (Å²) >= 11 is 16.8. The van der Waals surface area contributed by atoms with Crippen LogP contribution in [0.4, 0.5) is 0 Å². The molecule has 0 spiro atoms. The zero-order chi connectivity index (χ0) is 9.30. The van der Waals surface area contributed by atoms with Crippen molar-refractivity contribution in [3.05, 3.63) is 33.3 Å². The monoisotopic (exact) mass is 222 g/mol. The third-order valence-electron chi connectivity index (χ3n) is 1.43. The largest absolute Gasteiger partial charge is 0.276 e. The van der Waals surface area contributed by atoms with Gasteiger partial charge >= 0.3 is 0 Å². The molecule has 0 bridgehead atoms. The Morgan fingerprint density at radius 3 is 2.42 bits per heavy atom. The third kappa shape index (κ3) is 1.92. The highest BCUT2D eigenvalue weighted by Gasteiger charge is 2.10. The van der Waals surface area contributed by atoms with Gasteiger partial charge in [-0.05, 0) is 36.2 Å². The summed E-state index contributed by atoms with van der Waals surface area (Å²) in [5.41, 5.74) is 0.997. The van der Waals surface area contributed by atoms with Crippen LogP contribution in [0.2, 0.25) is 10.0 Å². The SMILES string of the molecule is Cc1cc(Cl)cc(C(=O)Cl)c1Cl. The highest BCUT2D eigenvalue weighted by atomic mass is 35.5. The van der Waals surface area contributed by atoms with Gasteiger partial charge in [0.15, 0.2) is 0 Å². The lowest BCUT2D eigenvalue weighted by Crippen LogP contribution is -1.92. The summed E-state index contributed by atoms with van der Waals surface area (Å²) in [6.45, 7) is 1.76. The Balaban J connectivity index is 3.37. The number of benzene rings is 1. The van der Waals surface area contributed by atoms with E-state index in [1.807, 2.05) is 0 Å². The van der Waals surface area contributed by atoms with Crippen molar-refractivity contribution in [3.63, 3.8) is 0 Å². The maximum atomic E-state index is 10.8. The van der Waals surface area contributed by atoms with E-state index in [-0.39, 0.29) is 5.56 Å². The van der Waals surface area contributed by atoms with Gasteiger partial charge in [0, 0.05) is 5.02 Å². The lowest BCUT2D eigenvalue weighted by Gasteiger charge is -2.02. The fraction of sp³-hybridized carbons (Fsp3) is 0.125. The lowest BCUT2D eigenvalue weighted by atomic mass is 10.1. The molecule has 0 aliphatic carbocycles. The number of aryl methyl sites for hydroxylation is 1. The summed E-state index contributed by atoms with van der Waals surface area (Å²) in [4.78, 5) is 10.8. The molecule has 12 heavy (non-hydrogen) atoms. The van der Waals surface area contributed by atoms with Gasteiger partial charge in [0.1, 0.15) is 0 Å². The predicted octanol–water partition coefficient (Wildman–Crippen LogP) is 3.68. The maximum Gasteiger partial charge on any atom is 0.253 e. The Morgan fingerprint density at radius 1 is 1.33 bits per heavy atom. The van der Waals surface area contributed by atoms with E-state index in [1.54, 1.807) is 13.0 Å². The van der Waals surface area contributed by atoms with Crippen LogP contribution in [0, 0.1) is 6.92 Å². The molecule has 0 fully saturated rings. The van der Waals surface area contributed by atoms with Crippen LogP contribution < -0.4 is 0 Å². The molecular formula is C8H5Cl3O. The first-order chi connectivity index (χ1) is 5.52. The minimum Gasteiger partial charge on any atom is -0.276 e. The topological polar surface area (TPSA) is 17.1 Å². The van der Waals surface area contributed by atoms with E-state index in [9.17, 15) is 4.79 Å². The van der Waals surface area contributed by atoms with Crippen LogP contribution in [0.3, 0.4) is 0 Å². The molecule has 0 aliphatic heterocycles. The lowest BCUT2D eigenvalue weighted by molar-refractivity contribution is 0.108. The molecule has 64 valence electrons. The number of rotatable bonds is 1. The van der Waals surface area contributed by atoms with Crippen molar-refractivity contribution in [2.75, 3.05) is 0 Å². The molecule has 4 heteroatoms. The van der Waals surface area contributed by atoms with Crippen LogP contribution >= 0.6 is 34.8 Å². The van der Waals surface area contributed by atoms with Gasteiger partial charge in [0.25, 0.3) is 5.24 Å². The molecular weight excluding hydrogens is 218 g/mol. The molecule has 0 unspecified atom stereocenters. The smallest absolute Gasteiger partial charge is 0.253 e. The Morgan fingerprint density at radius 2 is 1.92 bits per heavy atom. The van der Waals surface area contributed by atoms with Crippen LogP contribution in [-0.4, -0.2) is 5.24 Å². The summed E-state index contributed by atoms with van der Waals surface area (Å²) in [5, 5.41) is 0.228. The highest BCUT2D eigenvalue weighted by Crippen LogP contribution is 2.26. The Hall–Kier alpha value is -0.240. The first-order valence-electron chi connectivity index (χ1n) is 3.18.